The Morgan fingerprint density at radius 2 is 2.00 bits per heavy atom. The first-order chi connectivity index (χ1) is 10.7. The van der Waals surface area contributed by atoms with Gasteiger partial charge >= 0.3 is 0 Å². The highest BCUT2D eigenvalue weighted by Crippen LogP contribution is 2.34. The van der Waals surface area contributed by atoms with Crippen molar-refractivity contribution in [1.29, 1.82) is 0 Å². The highest BCUT2D eigenvalue weighted by Gasteiger charge is 2.12. The van der Waals surface area contributed by atoms with Gasteiger partial charge in [0.1, 0.15) is 6.61 Å². The molecule has 0 aliphatic rings. The Labute approximate surface area is 143 Å². The summed E-state index contributed by atoms with van der Waals surface area (Å²) in [7, 11) is 0. The van der Waals surface area contributed by atoms with Crippen molar-refractivity contribution in [1.82, 2.24) is 0 Å². The SMILES string of the molecule is CCOc1cc(/C=N/O)cc(I)c1OCc1ccccc1C. The molecule has 0 saturated carbocycles. The van der Waals surface area contributed by atoms with Crippen molar-refractivity contribution in [3.8, 4) is 11.5 Å². The van der Waals surface area contributed by atoms with Crippen molar-refractivity contribution in [3.63, 3.8) is 0 Å². The molecule has 5 heteroatoms. The second kappa shape index (κ2) is 8.03. The summed E-state index contributed by atoms with van der Waals surface area (Å²) in [5.41, 5.74) is 3.10. The molecule has 2 aromatic rings. The van der Waals surface area contributed by atoms with Crippen LogP contribution in [0.3, 0.4) is 0 Å². The van der Waals surface area contributed by atoms with Gasteiger partial charge in [-0.15, -0.1) is 0 Å². The number of ether oxygens (including phenoxy) is 2. The lowest BCUT2D eigenvalue weighted by Crippen LogP contribution is -2.03. The molecule has 0 radical (unpaired) electrons. The monoisotopic (exact) mass is 411 g/mol. The van der Waals surface area contributed by atoms with Gasteiger partial charge in [-0.2, -0.15) is 0 Å². The normalized spacial score (nSPS) is 10.9. The molecule has 0 spiro atoms. The number of halogens is 1. The third-order valence-corrected chi connectivity index (χ3v) is 3.97. The minimum absolute atomic E-state index is 0.482. The van der Waals surface area contributed by atoms with Gasteiger partial charge < -0.3 is 14.7 Å². The van der Waals surface area contributed by atoms with E-state index in [-0.39, 0.29) is 0 Å². The molecule has 0 aliphatic carbocycles. The van der Waals surface area contributed by atoms with Crippen LogP contribution in [0, 0.1) is 10.5 Å². The first-order valence-corrected chi connectivity index (χ1v) is 8.04. The fraction of sp³-hybridized carbons (Fsp3) is 0.235. The summed E-state index contributed by atoms with van der Waals surface area (Å²) in [5, 5.41) is 11.7. The average molecular weight is 411 g/mol. The summed E-state index contributed by atoms with van der Waals surface area (Å²) in [6.07, 6.45) is 1.37. The van der Waals surface area contributed by atoms with Crippen LogP contribution in [-0.4, -0.2) is 18.0 Å². The van der Waals surface area contributed by atoms with Crippen LogP contribution in [-0.2, 0) is 6.61 Å². The Balaban J connectivity index is 2.27. The number of aryl methyl sites for hydroxylation is 1. The summed E-state index contributed by atoms with van der Waals surface area (Å²) in [6.45, 7) is 5.01. The van der Waals surface area contributed by atoms with Gasteiger partial charge in [-0.1, -0.05) is 29.4 Å². The zero-order valence-electron chi connectivity index (χ0n) is 12.5. The van der Waals surface area contributed by atoms with E-state index in [2.05, 4.69) is 46.8 Å². The van der Waals surface area contributed by atoms with Crippen molar-refractivity contribution in [2.75, 3.05) is 6.61 Å². The standard InChI is InChI=1S/C17H18INO3/c1-3-21-16-9-13(10-19-20)8-15(18)17(16)22-11-14-7-5-4-6-12(14)2/h4-10,20H,3,11H2,1-2H3/b19-10+. The van der Waals surface area contributed by atoms with E-state index in [1.54, 1.807) is 6.07 Å². The second-order valence-corrected chi connectivity index (χ2v) is 5.88. The summed E-state index contributed by atoms with van der Waals surface area (Å²) in [6, 6.07) is 11.8. The van der Waals surface area contributed by atoms with E-state index < -0.39 is 0 Å². The molecule has 0 saturated heterocycles. The van der Waals surface area contributed by atoms with Crippen molar-refractivity contribution in [3.05, 3.63) is 56.7 Å². The van der Waals surface area contributed by atoms with E-state index >= 15 is 0 Å². The molecule has 0 aliphatic heterocycles. The third kappa shape index (κ3) is 4.13. The van der Waals surface area contributed by atoms with Gasteiger partial charge in [-0.05, 0) is 59.7 Å². The van der Waals surface area contributed by atoms with Gasteiger partial charge in [-0.3, -0.25) is 0 Å². The molecule has 0 fully saturated rings. The third-order valence-electron chi connectivity index (χ3n) is 3.17. The first-order valence-electron chi connectivity index (χ1n) is 6.96. The van der Waals surface area contributed by atoms with Crippen LogP contribution >= 0.6 is 22.6 Å². The zero-order chi connectivity index (χ0) is 15.9. The summed E-state index contributed by atoms with van der Waals surface area (Å²) in [5.74, 6) is 1.36. The number of benzene rings is 2. The molecule has 116 valence electrons. The minimum atomic E-state index is 0.482. The summed E-state index contributed by atoms with van der Waals surface area (Å²) >= 11 is 2.19. The molecule has 0 atom stereocenters. The van der Waals surface area contributed by atoms with Gasteiger partial charge in [0.25, 0.3) is 0 Å². The lowest BCUT2D eigenvalue weighted by Gasteiger charge is -2.15. The maximum atomic E-state index is 8.68. The lowest BCUT2D eigenvalue weighted by molar-refractivity contribution is 0.267. The van der Waals surface area contributed by atoms with Gasteiger partial charge in [0.15, 0.2) is 11.5 Å². The summed E-state index contributed by atoms with van der Waals surface area (Å²) < 4.78 is 12.5. The molecular formula is C17H18INO3. The van der Waals surface area contributed by atoms with Crippen LogP contribution in [0.2, 0.25) is 0 Å². The van der Waals surface area contributed by atoms with Crippen LogP contribution in [0.25, 0.3) is 0 Å². The number of hydrogen-bond acceptors (Lipinski definition) is 4. The molecule has 0 unspecified atom stereocenters. The fourth-order valence-electron chi connectivity index (χ4n) is 2.05. The Morgan fingerprint density at radius 1 is 1.23 bits per heavy atom. The van der Waals surface area contributed by atoms with E-state index in [9.17, 15) is 0 Å². The number of nitrogens with zero attached hydrogens (tertiary/aromatic N) is 1. The first kappa shape index (κ1) is 16.6. The number of oxime groups is 1. The average Bonchev–Trinajstić information content (AvgIpc) is 2.49. The van der Waals surface area contributed by atoms with Crippen LogP contribution in [0.1, 0.15) is 23.6 Å². The predicted molar refractivity (Wildman–Crippen MR) is 95.2 cm³/mol. The zero-order valence-corrected chi connectivity index (χ0v) is 14.7. The smallest absolute Gasteiger partial charge is 0.175 e. The largest absolute Gasteiger partial charge is 0.490 e. The molecule has 0 aromatic heterocycles. The van der Waals surface area contributed by atoms with Gasteiger partial charge in [-0.25, -0.2) is 0 Å². The van der Waals surface area contributed by atoms with E-state index in [0.29, 0.717) is 24.7 Å². The van der Waals surface area contributed by atoms with Crippen LogP contribution < -0.4 is 9.47 Å². The van der Waals surface area contributed by atoms with Crippen molar-refractivity contribution in [2.24, 2.45) is 5.16 Å². The molecule has 22 heavy (non-hydrogen) atoms. The lowest BCUT2D eigenvalue weighted by atomic mass is 10.1. The maximum absolute atomic E-state index is 8.68. The van der Waals surface area contributed by atoms with Crippen molar-refractivity contribution < 1.29 is 14.7 Å². The van der Waals surface area contributed by atoms with Crippen LogP contribution in [0.4, 0.5) is 0 Å². The topological polar surface area (TPSA) is 51.0 Å². The Bertz CT molecular complexity index is 671. The van der Waals surface area contributed by atoms with Gasteiger partial charge in [0.2, 0.25) is 0 Å². The Kier molecular flexibility index (Phi) is 6.06. The highest BCUT2D eigenvalue weighted by molar-refractivity contribution is 14.1. The molecule has 2 rings (SSSR count). The van der Waals surface area contributed by atoms with Gasteiger partial charge in [0.05, 0.1) is 16.4 Å². The van der Waals surface area contributed by atoms with E-state index in [1.807, 2.05) is 25.1 Å². The molecular weight excluding hydrogens is 393 g/mol. The van der Waals surface area contributed by atoms with E-state index in [0.717, 1.165) is 14.7 Å². The molecule has 1 N–H and O–H groups in total. The van der Waals surface area contributed by atoms with Gasteiger partial charge in [0, 0.05) is 5.56 Å². The van der Waals surface area contributed by atoms with Crippen LogP contribution in [0.15, 0.2) is 41.6 Å². The van der Waals surface area contributed by atoms with E-state index in [4.69, 9.17) is 14.7 Å². The van der Waals surface area contributed by atoms with Crippen molar-refractivity contribution >= 4 is 28.8 Å². The molecule has 0 heterocycles. The fourth-order valence-corrected chi connectivity index (χ4v) is 2.84. The summed E-state index contributed by atoms with van der Waals surface area (Å²) in [4.78, 5) is 0. The van der Waals surface area contributed by atoms with E-state index in [1.165, 1.54) is 11.8 Å². The number of hydrogen-bond donors (Lipinski definition) is 1. The second-order valence-electron chi connectivity index (χ2n) is 4.72. The molecule has 0 bridgehead atoms. The molecule has 0 amide bonds. The highest BCUT2D eigenvalue weighted by atomic mass is 127. The molecule has 4 nitrogen and oxygen atoms in total. The quantitative estimate of drug-likeness (QED) is 0.332. The maximum Gasteiger partial charge on any atom is 0.175 e. The number of rotatable bonds is 6. The Morgan fingerprint density at radius 3 is 2.68 bits per heavy atom. The van der Waals surface area contributed by atoms with Crippen LogP contribution in [0.5, 0.6) is 11.5 Å². The Hall–Kier alpha value is -1.76. The van der Waals surface area contributed by atoms with Crippen molar-refractivity contribution in [2.45, 2.75) is 20.5 Å². The predicted octanol–water partition coefficient (Wildman–Crippen LogP) is 4.39. The minimum Gasteiger partial charge on any atom is -0.490 e. The molecule has 2 aromatic carbocycles.